The number of aliphatic hydroxyl groups is 1. The number of rotatable bonds is 4. The lowest BCUT2D eigenvalue weighted by molar-refractivity contribution is 0.101. The minimum Gasteiger partial charge on any atom is -0.391 e. The number of carbonyl (C=O) groups is 1. The standard InChI is InChI=1S/C9H20N2O2/c1-5-6-10-8(13)11-9(3,4)7(2)12/h7,12H,5-6H2,1-4H3,(H2,10,11,13). The van der Waals surface area contributed by atoms with Gasteiger partial charge in [-0.25, -0.2) is 4.79 Å². The fourth-order valence-electron chi connectivity index (χ4n) is 0.680. The van der Waals surface area contributed by atoms with E-state index in [0.29, 0.717) is 6.54 Å². The second-order valence-electron chi connectivity index (χ2n) is 3.78. The van der Waals surface area contributed by atoms with Crippen LogP contribution in [0, 0.1) is 0 Å². The molecule has 0 fully saturated rings. The molecule has 13 heavy (non-hydrogen) atoms. The first kappa shape index (κ1) is 12.2. The first-order valence-electron chi connectivity index (χ1n) is 4.64. The zero-order valence-electron chi connectivity index (χ0n) is 8.85. The molecule has 0 aromatic heterocycles. The lowest BCUT2D eigenvalue weighted by atomic mass is 9.99. The van der Waals surface area contributed by atoms with Crippen molar-refractivity contribution in [2.45, 2.75) is 45.8 Å². The van der Waals surface area contributed by atoms with Crippen LogP contribution in [-0.4, -0.2) is 29.3 Å². The average molecular weight is 188 g/mol. The summed E-state index contributed by atoms with van der Waals surface area (Å²) in [4.78, 5) is 11.2. The van der Waals surface area contributed by atoms with Crippen LogP contribution < -0.4 is 10.6 Å². The molecule has 0 heterocycles. The minimum atomic E-state index is -0.585. The number of nitrogens with one attached hydrogen (secondary N) is 2. The fourth-order valence-corrected chi connectivity index (χ4v) is 0.680. The van der Waals surface area contributed by atoms with E-state index in [1.807, 2.05) is 6.92 Å². The smallest absolute Gasteiger partial charge is 0.315 e. The molecule has 78 valence electrons. The Balaban J connectivity index is 3.90. The summed E-state index contributed by atoms with van der Waals surface area (Å²) >= 11 is 0. The monoisotopic (exact) mass is 188 g/mol. The van der Waals surface area contributed by atoms with Crippen LogP contribution >= 0.6 is 0 Å². The maximum atomic E-state index is 11.2. The Morgan fingerprint density at radius 3 is 2.46 bits per heavy atom. The molecule has 0 radical (unpaired) electrons. The molecule has 1 atom stereocenters. The third kappa shape index (κ3) is 4.72. The highest BCUT2D eigenvalue weighted by Gasteiger charge is 2.25. The molecule has 4 nitrogen and oxygen atoms in total. The SMILES string of the molecule is CCCNC(=O)NC(C)(C)C(C)O. The molecule has 3 N–H and O–H groups in total. The highest BCUT2D eigenvalue weighted by molar-refractivity contribution is 5.74. The van der Waals surface area contributed by atoms with Crippen molar-refractivity contribution < 1.29 is 9.90 Å². The summed E-state index contributed by atoms with van der Waals surface area (Å²) in [6, 6.07) is -0.229. The zero-order valence-corrected chi connectivity index (χ0v) is 8.85. The fraction of sp³-hybridized carbons (Fsp3) is 0.889. The van der Waals surface area contributed by atoms with E-state index in [-0.39, 0.29) is 6.03 Å². The molecular weight excluding hydrogens is 168 g/mol. The van der Waals surface area contributed by atoms with E-state index in [4.69, 9.17) is 0 Å². The second kappa shape index (κ2) is 5.07. The molecule has 2 amide bonds. The van der Waals surface area contributed by atoms with Gasteiger partial charge in [0, 0.05) is 6.54 Å². The van der Waals surface area contributed by atoms with Crippen molar-refractivity contribution >= 4 is 6.03 Å². The van der Waals surface area contributed by atoms with Gasteiger partial charge in [-0.05, 0) is 27.2 Å². The Kier molecular flexibility index (Phi) is 4.77. The van der Waals surface area contributed by atoms with E-state index in [1.165, 1.54) is 0 Å². The number of hydrogen-bond donors (Lipinski definition) is 3. The highest BCUT2D eigenvalue weighted by Crippen LogP contribution is 2.07. The first-order chi connectivity index (χ1) is 5.90. The summed E-state index contributed by atoms with van der Waals surface area (Å²) in [5, 5.41) is 14.7. The highest BCUT2D eigenvalue weighted by atomic mass is 16.3. The number of aliphatic hydroxyl groups excluding tert-OH is 1. The Bertz CT molecular complexity index is 167. The Morgan fingerprint density at radius 2 is 2.08 bits per heavy atom. The van der Waals surface area contributed by atoms with E-state index in [9.17, 15) is 9.90 Å². The van der Waals surface area contributed by atoms with E-state index >= 15 is 0 Å². The van der Waals surface area contributed by atoms with Crippen molar-refractivity contribution in [1.82, 2.24) is 10.6 Å². The van der Waals surface area contributed by atoms with Gasteiger partial charge in [-0.2, -0.15) is 0 Å². The predicted octanol–water partition coefficient (Wildman–Crippen LogP) is 0.855. The number of urea groups is 1. The van der Waals surface area contributed by atoms with Gasteiger partial charge in [0.25, 0.3) is 0 Å². The van der Waals surface area contributed by atoms with Gasteiger partial charge in [0.1, 0.15) is 0 Å². The van der Waals surface area contributed by atoms with Crippen molar-refractivity contribution in [1.29, 1.82) is 0 Å². The first-order valence-corrected chi connectivity index (χ1v) is 4.64. The van der Waals surface area contributed by atoms with Crippen LogP contribution in [0.1, 0.15) is 34.1 Å². The topological polar surface area (TPSA) is 61.4 Å². The third-order valence-electron chi connectivity index (χ3n) is 2.02. The van der Waals surface area contributed by atoms with Crippen LogP contribution in [-0.2, 0) is 0 Å². The Morgan fingerprint density at radius 1 is 1.54 bits per heavy atom. The molecule has 0 saturated heterocycles. The van der Waals surface area contributed by atoms with Crippen LogP contribution in [0.4, 0.5) is 4.79 Å². The predicted molar refractivity (Wildman–Crippen MR) is 52.6 cm³/mol. The van der Waals surface area contributed by atoms with E-state index in [0.717, 1.165) is 6.42 Å². The Labute approximate surface area is 79.7 Å². The molecule has 0 aliphatic heterocycles. The molecular formula is C9H20N2O2. The average Bonchev–Trinajstić information content (AvgIpc) is 1.99. The van der Waals surface area contributed by atoms with Gasteiger partial charge in [0.2, 0.25) is 0 Å². The van der Waals surface area contributed by atoms with Crippen molar-refractivity contribution in [3.8, 4) is 0 Å². The van der Waals surface area contributed by atoms with Crippen LogP contribution in [0.5, 0.6) is 0 Å². The quantitative estimate of drug-likeness (QED) is 0.612. The van der Waals surface area contributed by atoms with E-state index < -0.39 is 11.6 Å². The molecule has 1 unspecified atom stereocenters. The minimum absolute atomic E-state index is 0.229. The summed E-state index contributed by atoms with van der Waals surface area (Å²) < 4.78 is 0. The third-order valence-corrected chi connectivity index (χ3v) is 2.02. The molecule has 0 bridgehead atoms. The van der Waals surface area contributed by atoms with E-state index in [2.05, 4.69) is 10.6 Å². The van der Waals surface area contributed by atoms with Gasteiger partial charge in [0.05, 0.1) is 11.6 Å². The summed E-state index contributed by atoms with van der Waals surface area (Å²) in [5.41, 5.74) is -0.585. The van der Waals surface area contributed by atoms with Crippen molar-refractivity contribution in [2.75, 3.05) is 6.54 Å². The van der Waals surface area contributed by atoms with E-state index in [1.54, 1.807) is 20.8 Å². The number of hydrogen-bond acceptors (Lipinski definition) is 2. The van der Waals surface area contributed by atoms with Gasteiger partial charge in [-0.1, -0.05) is 6.92 Å². The second-order valence-corrected chi connectivity index (χ2v) is 3.78. The molecule has 0 aromatic carbocycles. The molecule has 0 aromatic rings. The van der Waals surface area contributed by atoms with Gasteiger partial charge in [0.15, 0.2) is 0 Å². The summed E-state index contributed by atoms with van der Waals surface area (Å²) in [6.07, 6.45) is 0.336. The molecule has 0 aliphatic carbocycles. The number of carbonyl (C=O) groups excluding carboxylic acids is 1. The lowest BCUT2D eigenvalue weighted by Crippen LogP contribution is -2.54. The van der Waals surface area contributed by atoms with Crippen LogP contribution in [0.15, 0.2) is 0 Å². The maximum Gasteiger partial charge on any atom is 0.315 e. The largest absolute Gasteiger partial charge is 0.391 e. The normalized spacial score (nSPS) is 13.6. The lowest BCUT2D eigenvalue weighted by Gasteiger charge is -2.29. The Hall–Kier alpha value is -0.770. The summed E-state index contributed by atoms with van der Waals surface area (Å²) in [6.45, 7) is 7.86. The van der Waals surface area contributed by atoms with Crippen LogP contribution in [0.25, 0.3) is 0 Å². The van der Waals surface area contributed by atoms with Crippen LogP contribution in [0.2, 0.25) is 0 Å². The zero-order chi connectivity index (χ0) is 10.5. The van der Waals surface area contributed by atoms with Crippen molar-refractivity contribution in [2.24, 2.45) is 0 Å². The van der Waals surface area contributed by atoms with Crippen molar-refractivity contribution in [3.63, 3.8) is 0 Å². The maximum absolute atomic E-state index is 11.2. The molecule has 0 spiro atoms. The number of amides is 2. The van der Waals surface area contributed by atoms with Gasteiger partial charge in [-0.15, -0.1) is 0 Å². The van der Waals surface area contributed by atoms with Crippen molar-refractivity contribution in [3.05, 3.63) is 0 Å². The summed E-state index contributed by atoms with van der Waals surface area (Å²) in [5.74, 6) is 0. The summed E-state index contributed by atoms with van der Waals surface area (Å²) in [7, 11) is 0. The molecule has 4 heteroatoms. The molecule has 0 rings (SSSR count). The van der Waals surface area contributed by atoms with Gasteiger partial charge >= 0.3 is 6.03 Å². The van der Waals surface area contributed by atoms with Gasteiger partial charge in [-0.3, -0.25) is 0 Å². The van der Waals surface area contributed by atoms with Crippen LogP contribution in [0.3, 0.4) is 0 Å². The molecule has 0 saturated carbocycles. The van der Waals surface area contributed by atoms with Gasteiger partial charge < -0.3 is 15.7 Å². The molecule has 0 aliphatic rings.